The van der Waals surface area contributed by atoms with Crippen molar-refractivity contribution in [3.8, 4) is 0 Å². The molecule has 1 atom stereocenters. The molecular formula is C38H64N4O6. The van der Waals surface area contributed by atoms with Gasteiger partial charge in [0.25, 0.3) is 0 Å². The van der Waals surface area contributed by atoms with Crippen LogP contribution in [0.2, 0.25) is 0 Å². The molecular weight excluding hydrogens is 608 g/mol. The average Bonchev–Trinajstić information content (AvgIpc) is 3.07. The minimum absolute atomic E-state index is 0.0637. The van der Waals surface area contributed by atoms with Gasteiger partial charge in [-0.05, 0) is 77.4 Å². The molecule has 0 heterocycles. The van der Waals surface area contributed by atoms with Crippen LogP contribution in [-0.4, -0.2) is 111 Å². The first-order valence-corrected chi connectivity index (χ1v) is 18.1. The maximum atomic E-state index is 12.3. The molecule has 0 saturated carbocycles. The maximum Gasteiger partial charge on any atom is 0.407 e. The number of esters is 2. The highest BCUT2D eigenvalue weighted by atomic mass is 16.5. The summed E-state index contributed by atoms with van der Waals surface area (Å²) in [6.45, 7) is 17.2. The Morgan fingerprint density at radius 3 is 1.92 bits per heavy atom. The molecule has 1 aromatic rings. The summed E-state index contributed by atoms with van der Waals surface area (Å²) in [6, 6.07) is 9.99. The number of unbranched alkanes of at least 4 members (excludes halogenated alkanes) is 2. The van der Waals surface area contributed by atoms with Gasteiger partial charge in [-0.2, -0.15) is 0 Å². The largest absolute Gasteiger partial charge is 0.465 e. The average molecular weight is 673 g/mol. The second-order valence-corrected chi connectivity index (χ2v) is 11.8. The van der Waals surface area contributed by atoms with Crippen molar-refractivity contribution in [2.24, 2.45) is 0 Å². The van der Waals surface area contributed by atoms with E-state index in [2.05, 4.69) is 60.2 Å². The second-order valence-electron chi connectivity index (χ2n) is 11.8. The molecule has 0 aliphatic carbocycles. The topological polar surface area (TPSA) is 101 Å². The Morgan fingerprint density at radius 2 is 1.33 bits per heavy atom. The number of hydrogen-bond donors (Lipinski definition) is 1. The van der Waals surface area contributed by atoms with Crippen LogP contribution in [0.1, 0.15) is 85.1 Å². The molecule has 1 rings (SSSR count). The summed E-state index contributed by atoms with van der Waals surface area (Å²) < 4.78 is 15.6. The van der Waals surface area contributed by atoms with Crippen LogP contribution in [0.3, 0.4) is 0 Å². The molecule has 0 aliphatic rings. The molecule has 0 saturated heterocycles. The fraction of sp³-hybridized carbons (Fsp3) is 0.658. The number of ether oxygens (including phenoxy) is 3. The van der Waals surface area contributed by atoms with Crippen LogP contribution >= 0.6 is 0 Å². The molecule has 1 aromatic carbocycles. The van der Waals surface area contributed by atoms with Crippen LogP contribution < -0.4 is 5.32 Å². The highest BCUT2D eigenvalue weighted by molar-refractivity contribution is 5.75. The fourth-order valence-corrected chi connectivity index (χ4v) is 5.39. The van der Waals surface area contributed by atoms with Crippen LogP contribution in [0.4, 0.5) is 4.79 Å². The molecule has 1 unspecified atom stereocenters. The van der Waals surface area contributed by atoms with Crippen molar-refractivity contribution >= 4 is 18.0 Å². The Morgan fingerprint density at radius 1 is 0.729 bits per heavy atom. The van der Waals surface area contributed by atoms with E-state index in [4.69, 9.17) is 14.2 Å². The molecule has 0 fully saturated rings. The summed E-state index contributed by atoms with van der Waals surface area (Å²) in [5, 5.41) is 2.82. The van der Waals surface area contributed by atoms with Gasteiger partial charge in [0, 0.05) is 38.8 Å². The maximum absolute atomic E-state index is 12.3. The van der Waals surface area contributed by atoms with Crippen molar-refractivity contribution in [2.75, 3.05) is 72.1 Å². The lowest BCUT2D eigenvalue weighted by molar-refractivity contribution is -0.148. The van der Waals surface area contributed by atoms with E-state index in [0.29, 0.717) is 32.3 Å². The zero-order valence-electron chi connectivity index (χ0n) is 30.5. The van der Waals surface area contributed by atoms with E-state index in [9.17, 15) is 14.4 Å². The summed E-state index contributed by atoms with van der Waals surface area (Å²) >= 11 is 0. The minimum atomic E-state index is -0.383. The van der Waals surface area contributed by atoms with Gasteiger partial charge in [-0.25, -0.2) is 4.79 Å². The summed E-state index contributed by atoms with van der Waals surface area (Å²) in [5.74, 6) is -0.658. The van der Waals surface area contributed by atoms with Gasteiger partial charge < -0.3 is 24.4 Å². The van der Waals surface area contributed by atoms with Gasteiger partial charge in [-0.1, -0.05) is 75.4 Å². The van der Waals surface area contributed by atoms with Crippen LogP contribution in [0.15, 0.2) is 54.6 Å². The summed E-state index contributed by atoms with van der Waals surface area (Å²) in [6.07, 6.45) is 15.2. The third-order valence-electron chi connectivity index (χ3n) is 7.86. The lowest BCUT2D eigenvalue weighted by atomic mass is 10.1. The predicted octanol–water partition coefficient (Wildman–Crippen LogP) is 6.22. The van der Waals surface area contributed by atoms with Crippen LogP contribution in [0.5, 0.6) is 0 Å². The first-order chi connectivity index (χ1) is 23.4. The molecule has 0 spiro atoms. The Balaban J connectivity index is 2.64. The second kappa shape index (κ2) is 28.8. The summed E-state index contributed by atoms with van der Waals surface area (Å²) in [7, 11) is 0. The predicted molar refractivity (Wildman–Crippen MR) is 194 cm³/mol. The van der Waals surface area contributed by atoms with E-state index in [0.717, 1.165) is 83.2 Å². The van der Waals surface area contributed by atoms with Crippen LogP contribution in [0.25, 0.3) is 0 Å². The molecule has 1 amide bonds. The van der Waals surface area contributed by atoms with E-state index >= 15 is 0 Å². The van der Waals surface area contributed by atoms with Gasteiger partial charge >= 0.3 is 18.0 Å². The number of hydrogen-bond acceptors (Lipinski definition) is 9. The van der Waals surface area contributed by atoms with Crippen molar-refractivity contribution < 1.29 is 28.6 Å². The Bertz CT molecular complexity index is 1010. The third-order valence-corrected chi connectivity index (χ3v) is 7.86. The fourth-order valence-electron chi connectivity index (χ4n) is 5.39. The zero-order valence-corrected chi connectivity index (χ0v) is 30.5. The summed E-state index contributed by atoms with van der Waals surface area (Å²) in [4.78, 5) is 43.4. The van der Waals surface area contributed by atoms with Gasteiger partial charge in [-0.15, -0.1) is 0 Å². The number of carbonyl (C=O) groups is 3. The van der Waals surface area contributed by atoms with Gasteiger partial charge in [-0.3, -0.25) is 19.4 Å². The first-order valence-electron chi connectivity index (χ1n) is 18.1. The molecule has 48 heavy (non-hydrogen) atoms. The standard InChI is InChI=1S/C38H64N4O6/c1-6-25-40(26-7-2)27-29-42(30-28-41(31-36(43)46-9-4)32-37(44)47-10-5)35(8-3)23-19-14-12-11-13-15-20-24-39-38(45)48-33-34-21-17-16-18-22-34/h11-12,14,16-19,21-22,35H,6-10,13,15,20,23-33H2,1-5H3,(H,39,45)/b12-11+,19-14+. The molecule has 0 aromatic heterocycles. The normalized spacial score (nSPS) is 12.3. The van der Waals surface area contributed by atoms with Crippen molar-refractivity contribution in [3.63, 3.8) is 0 Å². The number of allylic oxidation sites excluding steroid dienone is 3. The molecule has 272 valence electrons. The molecule has 1 N–H and O–H groups in total. The van der Waals surface area contributed by atoms with Crippen LogP contribution in [0, 0.1) is 0 Å². The van der Waals surface area contributed by atoms with Crippen LogP contribution in [-0.2, 0) is 30.4 Å². The number of benzene rings is 1. The Hall–Kier alpha value is -3.21. The Kier molecular flexibility index (Phi) is 25.7. The van der Waals surface area contributed by atoms with E-state index in [-0.39, 0.29) is 37.7 Å². The van der Waals surface area contributed by atoms with E-state index in [1.807, 2.05) is 35.2 Å². The lowest BCUT2D eigenvalue weighted by Crippen LogP contribution is -2.46. The lowest BCUT2D eigenvalue weighted by Gasteiger charge is -2.34. The summed E-state index contributed by atoms with van der Waals surface area (Å²) in [5.41, 5.74) is 0.970. The smallest absolute Gasteiger partial charge is 0.407 e. The van der Waals surface area contributed by atoms with Crippen molar-refractivity contribution in [2.45, 2.75) is 92.2 Å². The van der Waals surface area contributed by atoms with Gasteiger partial charge in [0.05, 0.1) is 26.3 Å². The molecule has 10 heteroatoms. The molecule has 0 bridgehead atoms. The van der Waals surface area contributed by atoms with Crippen molar-refractivity contribution in [1.29, 1.82) is 0 Å². The number of nitrogens with one attached hydrogen (secondary N) is 1. The number of alkyl carbamates (subject to hydrolysis) is 1. The number of carbonyl (C=O) groups excluding carboxylic acids is 3. The third kappa shape index (κ3) is 21.6. The van der Waals surface area contributed by atoms with Gasteiger partial charge in [0.15, 0.2) is 0 Å². The SMILES string of the molecule is CCCN(CCC)CCN(CCN(CC(=O)OCC)CC(=O)OCC)C(CC)C/C=C/C=C/CCCCNC(=O)OCc1ccccc1. The molecule has 10 nitrogen and oxygen atoms in total. The van der Waals surface area contributed by atoms with Crippen molar-refractivity contribution in [3.05, 3.63) is 60.2 Å². The van der Waals surface area contributed by atoms with Gasteiger partial charge in [0.1, 0.15) is 6.61 Å². The zero-order chi connectivity index (χ0) is 35.2. The van der Waals surface area contributed by atoms with Gasteiger partial charge in [0.2, 0.25) is 0 Å². The quantitative estimate of drug-likeness (QED) is 0.0482. The number of rotatable bonds is 28. The Labute approximate surface area is 290 Å². The van der Waals surface area contributed by atoms with E-state index in [1.54, 1.807) is 13.8 Å². The highest BCUT2D eigenvalue weighted by Gasteiger charge is 2.21. The first kappa shape index (κ1) is 42.8. The minimum Gasteiger partial charge on any atom is -0.465 e. The highest BCUT2D eigenvalue weighted by Crippen LogP contribution is 2.12. The van der Waals surface area contributed by atoms with Crippen molar-refractivity contribution in [1.82, 2.24) is 20.0 Å². The van der Waals surface area contributed by atoms with E-state index in [1.165, 1.54) is 0 Å². The molecule has 0 radical (unpaired) electrons. The number of amides is 1. The monoisotopic (exact) mass is 672 g/mol. The molecule has 0 aliphatic heterocycles. The van der Waals surface area contributed by atoms with E-state index < -0.39 is 0 Å². The number of nitrogens with zero attached hydrogens (tertiary/aromatic N) is 3.